The summed E-state index contributed by atoms with van der Waals surface area (Å²) in [4.78, 5) is 11.0. The second kappa shape index (κ2) is 4.08. The lowest BCUT2D eigenvalue weighted by Gasteiger charge is -2.07. The number of ether oxygens (including phenoxy) is 1. The smallest absolute Gasteiger partial charge is 0.141 e. The zero-order valence-electron chi connectivity index (χ0n) is 8.13. The fourth-order valence-corrected chi connectivity index (χ4v) is 1.04. The normalized spacial score (nSPS) is 10.2. The van der Waals surface area contributed by atoms with Crippen molar-refractivity contribution in [3.05, 3.63) is 35.7 Å². The van der Waals surface area contributed by atoms with E-state index in [0.29, 0.717) is 0 Å². The molecule has 2 heteroatoms. The quantitative estimate of drug-likeness (QED) is 0.707. The van der Waals surface area contributed by atoms with Crippen molar-refractivity contribution >= 4 is 5.78 Å². The number of ketones is 1. The highest BCUT2D eigenvalue weighted by Crippen LogP contribution is 2.18. The third kappa shape index (κ3) is 2.31. The molecule has 0 amide bonds. The average molecular weight is 177 g/mol. The molecule has 0 saturated heterocycles. The summed E-state index contributed by atoms with van der Waals surface area (Å²) >= 11 is 0. The van der Waals surface area contributed by atoms with Crippen LogP contribution in [-0.4, -0.2) is 12.9 Å². The maximum absolute atomic E-state index is 11.0. The van der Waals surface area contributed by atoms with Crippen LogP contribution in [0.15, 0.2) is 24.3 Å². The van der Waals surface area contributed by atoms with Crippen LogP contribution in [0.4, 0.5) is 0 Å². The second-order valence-electron chi connectivity index (χ2n) is 2.91. The topological polar surface area (TPSA) is 26.3 Å². The number of hydrogen-bond acceptors (Lipinski definition) is 2. The first kappa shape index (κ1) is 9.78. The molecule has 0 atom stereocenters. The summed E-state index contributed by atoms with van der Waals surface area (Å²) in [6, 6.07) is 7.47. The number of hydrogen-bond donors (Lipinski definition) is 0. The van der Waals surface area contributed by atoms with Crippen molar-refractivity contribution in [1.29, 1.82) is 0 Å². The van der Waals surface area contributed by atoms with Gasteiger partial charge in [-0.25, -0.2) is 0 Å². The molecule has 0 fully saturated rings. The van der Waals surface area contributed by atoms with Crippen LogP contribution in [-0.2, 0) is 4.79 Å². The second-order valence-corrected chi connectivity index (χ2v) is 2.91. The van der Waals surface area contributed by atoms with Crippen molar-refractivity contribution < 1.29 is 9.53 Å². The van der Waals surface area contributed by atoms with E-state index in [1.807, 2.05) is 31.2 Å². The molecule has 0 aliphatic heterocycles. The summed E-state index contributed by atoms with van der Waals surface area (Å²) in [5.41, 5.74) is 0.952. The third-order valence-electron chi connectivity index (χ3n) is 2.05. The van der Waals surface area contributed by atoms with Crippen molar-refractivity contribution in [2.45, 2.75) is 13.8 Å². The van der Waals surface area contributed by atoms with E-state index in [1.165, 1.54) is 0 Å². The Labute approximate surface area is 78.5 Å². The van der Waals surface area contributed by atoms with Crippen LogP contribution in [0.3, 0.4) is 0 Å². The van der Waals surface area contributed by atoms with Crippen LogP contribution < -0.4 is 4.74 Å². The number of benzene rings is 1. The third-order valence-corrected chi connectivity index (χ3v) is 2.05. The summed E-state index contributed by atoms with van der Waals surface area (Å²) < 4.78 is 5.02. The van der Waals surface area contributed by atoms with E-state index in [1.54, 1.807) is 14.0 Å². The van der Waals surface area contributed by atoms with Crippen LogP contribution in [0.2, 0.25) is 0 Å². The lowest BCUT2D eigenvalue weighted by atomic mass is 9.98. The molecule has 1 aromatic rings. The SMILES string of the molecule is COc1ccc([C](C)C(C)=O)cc1. The van der Waals surface area contributed by atoms with Gasteiger partial charge in [0, 0.05) is 0 Å². The molecule has 1 aromatic carbocycles. The molecule has 0 aliphatic rings. The van der Waals surface area contributed by atoms with Gasteiger partial charge in [0.1, 0.15) is 11.5 Å². The maximum Gasteiger partial charge on any atom is 0.141 e. The number of methoxy groups -OCH3 is 1. The predicted molar refractivity (Wildman–Crippen MR) is 51.7 cm³/mol. The lowest BCUT2D eigenvalue weighted by molar-refractivity contribution is -0.114. The first-order valence-electron chi connectivity index (χ1n) is 4.14. The van der Waals surface area contributed by atoms with Crippen LogP contribution in [0.5, 0.6) is 5.75 Å². The molecule has 0 aliphatic carbocycles. The van der Waals surface area contributed by atoms with E-state index in [2.05, 4.69) is 0 Å². The minimum Gasteiger partial charge on any atom is -0.497 e. The summed E-state index contributed by atoms with van der Waals surface area (Å²) in [5, 5.41) is 0. The van der Waals surface area contributed by atoms with Gasteiger partial charge in [-0.15, -0.1) is 0 Å². The van der Waals surface area contributed by atoms with Gasteiger partial charge in [-0.2, -0.15) is 0 Å². The van der Waals surface area contributed by atoms with Crippen molar-refractivity contribution in [2.75, 3.05) is 7.11 Å². The fourth-order valence-electron chi connectivity index (χ4n) is 1.04. The molecular formula is C11H13O2. The summed E-state index contributed by atoms with van der Waals surface area (Å²) in [5.74, 6) is 1.69. The van der Waals surface area contributed by atoms with Gasteiger partial charge in [-0.3, -0.25) is 4.79 Å². The first-order valence-corrected chi connectivity index (χ1v) is 4.14. The van der Waals surface area contributed by atoms with Gasteiger partial charge in [-0.1, -0.05) is 12.1 Å². The molecule has 69 valence electrons. The Balaban J connectivity index is 2.85. The molecular weight excluding hydrogens is 164 g/mol. The monoisotopic (exact) mass is 177 g/mol. The lowest BCUT2D eigenvalue weighted by Crippen LogP contribution is -2.04. The molecule has 0 spiro atoms. The van der Waals surface area contributed by atoms with Gasteiger partial charge in [-0.05, 0) is 31.5 Å². The first-order chi connectivity index (χ1) is 6.15. The Morgan fingerprint density at radius 2 is 1.69 bits per heavy atom. The minimum atomic E-state index is 0.102. The van der Waals surface area contributed by atoms with Crippen molar-refractivity contribution in [2.24, 2.45) is 0 Å². The number of carbonyl (C=O) groups excluding carboxylic acids is 1. The highest BCUT2D eigenvalue weighted by molar-refractivity contribution is 5.93. The van der Waals surface area contributed by atoms with E-state index < -0.39 is 0 Å². The van der Waals surface area contributed by atoms with E-state index in [4.69, 9.17) is 4.74 Å². The van der Waals surface area contributed by atoms with Gasteiger partial charge in [0.05, 0.1) is 13.0 Å². The van der Waals surface area contributed by atoms with Gasteiger partial charge in [0.25, 0.3) is 0 Å². The molecule has 1 radical (unpaired) electrons. The number of carbonyl (C=O) groups is 1. The molecule has 13 heavy (non-hydrogen) atoms. The van der Waals surface area contributed by atoms with Crippen LogP contribution in [0.25, 0.3) is 0 Å². The Bertz CT molecular complexity index is 287. The highest BCUT2D eigenvalue weighted by Gasteiger charge is 2.10. The van der Waals surface area contributed by atoms with Crippen molar-refractivity contribution in [1.82, 2.24) is 0 Å². The largest absolute Gasteiger partial charge is 0.497 e. The van der Waals surface area contributed by atoms with Crippen LogP contribution in [0.1, 0.15) is 19.4 Å². The Morgan fingerprint density at radius 1 is 1.15 bits per heavy atom. The van der Waals surface area contributed by atoms with Gasteiger partial charge in [0.15, 0.2) is 0 Å². The predicted octanol–water partition coefficient (Wildman–Crippen LogP) is 2.23. The van der Waals surface area contributed by atoms with Crippen LogP contribution in [0, 0.1) is 5.92 Å². The van der Waals surface area contributed by atoms with Gasteiger partial charge >= 0.3 is 0 Å². The van der Waals surface area contributed by atoms with E-state index in [9.17, 15) is 4.79 Å². The van der Waals surface area contributed by atoms with Crippen molar-refractivity contribution in [3.8, 4) is 5.75 Å². The standard InChI is InChI=1S/C11H13O2/c1-8(9(2)12)10-4-6-11(13-3)7-5-10/h4-7H,1-3H3. The molecule has 1 rings (SSSR count). The van der Waals surface area contributed by atoms with E-state index >= 15 is 0 Å². The summed E-state index contributed by atoms with van der Waals surface area (Å²) in [6.45, 7) is 3.39. The highest BCUT2D eigenvalue weighted by atomic mass is 16.5. The maximum atomic E-state index is 11.0. The Hall–Kier alpha value is -1.31. The summed E-state index contributed by atoms with van der Waals surface area (Å²) in [7, 11) is 1.62. The van der Waals surface area contributed by atoms with Crippen molar-refractivity contribution in [3.63, 3.8) is 0 Å². The zero-order valence-corrected chi connectivity index (χ0v) is 8.13. The summed E-state index contributed by atoms with van der Waals surface area (Å²) in [6.07, 6.45) is 0. The molecule has 0 heterocycles. The van der Waals surface area contributed by atoms with Gasteiger partial charge in [0.2, 0.25) is 0 Å². The number of rotatable bonds is 3. The Morgan fingerprint density at radius 3 is 2.08 bits per heavy atom. The average Bonchev–Trinajstić information content (AvgIpc) is 2.17. The zero-order chi connectivity index (χ0) is 9.84. The fraction of sp³-hybridized carbons (Fsp3) is 0.273. The van der Waals surface area contributed by atoms with Gasteiger partial charge < -0.3 is 4.74 Å². The van der Waals surface area contributed by atoms with E-state index in [-0.39, 0.29) is 5.78 Å². The molecule has 0 aromatic heterocycles. The molecule has 2 nitrogen and oxygen atoms in total. The molecule has 0 N–H and O–H groups in total. The minimum absolute atomic E-state index is 0.102. The Kier molecular flexibility index (Phi) is 3.07. The number of Topliss-reactive ketones (excluding diaryl/α,β-unsaturated/α-hetero) is 1. The van der Waals surface area contributed by atoms with Crippen LogP contribution >= 0.6 is 0 Å². The molecule has 0 unspecified atom stereocenters. The molecule has 0 bridgehead atoms. The molecule has 0 saturated carbocycles. The van der Waals surface area contributed by atoms with E-state index in [0.717, 1.165) is 17.2 Å².